The van der Waals surface area contributed by atoms with E-state index >= 15 is 0 Å². The van der Waals surface area contributed by atoms with E-state index in [1.54, 1.807) is 6.92 Å². The zero-order valence-corrected chi connectivity index (χ0v) is 14.3. The maximum Gasteiger partial charge on any atom is 0.328 e. The van der Waals surface area contributed by atoms with Gasteiger partial charge in [-0.2, -0.15) is 0 Å². The summed E-state index contributed by atoms with van der Waals surface area (Å²) in [5, 5.41) is 0. The summed E-state index contributed by atoms with van der Waals surface area (Å²) in [7, 11) is -2.52. The van der Waals surface area contributed by atoms with Crippen LogP contribution in [-0.4, -0.2) is 32.9 Å². The van der Waals surface area contributed by atoms with Crippen molar-refractivity contribution in [2.75, 3.05) is 13.7 Å². The first kappa shape index (κ1) is 19.0. The van der Waals surface area contributed by atoms with Gasteiger partial charge in [0.15, 0.2) is 14.6 Å². The number of rotatable bonds is 9. The van der Waals surface area contributed by atoms with Crippen molar-refractivity contribution in [1.29, 1.82) is 0 Å². The molecule has 126 valence electrons. The first-order valence-corrected chi connectivity index (χ1v) is 8.65. The number of sulfone groups is 1. The van der Waals surface area contributed by atoms with Crippen LogP contribution in [0, 0.1) is 0 Å². The van der Waals surface area contributed by atoms with Gasteiger partial charge in [0.2, 0.25) is 0 Å². The van der Waals surface area contributed by atoms with Gasteiger partial charge < -0.3 is 9.47 Å². The van der Waals surface area contributed by atoms with E-state index in [1.807, 2.05) is 0 Å². The molecule has 1 aromatic rings. The molecule has 0 saturated carbocycles. The molecule has 0 saturated heterocycles. The molecule has 0 aliphatic rings. The lowest BCUT2D eigenvalue weighted by molar-refractivity contribution is -0.146. The number of allylic oxidation sites excluding steroid dienone is 2. The highest BCUT2D eigenvalue weighted by atomic mass is 32.2. The summed E-state index contributed by atoms with van der Waals surface area (Å²) in [5.74, 6) is -0.270. The minimum atomic E-state index is -4.01. The minimum absolute atomic E-state index is 0.0232. The molecule has 0 radical (unpaired) electrons. The second kappa shape index (κ2) is 7.97. The zero-order chi connectivity index (χ0) is 17.5. The van der Waals surface area contributed by atoms with Gasteiger partial charge in [-0.3, -0.25) is 4.79 Å². The topological polar surface area (TPSA) is 69.7 Å². The molecule has 5 nitrogen and oxygen atoms in total. The molecule has 0 unspecified atom stereocenters. The second-order valence-corrected chi connectivity index (χ2v) is 7.14. The largest absolute Gasteiger partial charge is 0.497 e. The van der Waals surface area contributed by atoms with Gasteiger partial charge in [-0.05, 0) is 44.0 Å². The molecule has 0 atom stereocenters. The highest BCUT2D eigenvalue weighted by molar-refractivity contribution is 7.93. The average molecular weight is 338 g/mol. The summed E-state index contributed by atoms with van der Waals surface area (Å²) in [6.45, 7) is 8.88. The Morgan fingerprint density at radius 3 is 2.09 bits per heavy atom. The van der Waals surface area contributed by atoms with Gasteiger partial charge in [-0.25, -0.2) is 8.42 Å². The van der Waals surface area contributed by atoms with Crippen LogP contribution >= 0.6 is 0 Å². The molecule has 1 rings (SSSR count). The van der Waals surface area contributed by atoms with Crippen LogP contribution in [0.25, 0.3) is 0 Å². The van der Waals surface area contributed by atoms with E-state index in [0.29, 0.717) is 5.75 Å². The van der Waals surface area contributed by atoms with Crippen LogP contribution in [0.15, 0.2) is 54.5 Å². The Bertz CT molecular complexity index is 649. The number of methoxy groups -OCH3 is 1. The van der Waals surface area contributed by atoms with E-state index in [9.17, 15) is 13.2 Å². The number of carbonyl (C=O) groups is 1. The Hall–Kier alpha value is -2.08. The highest BCUT2D eigenvalue weighted by Gasteiger charge is 2.50. The Kier molecular flexibility index (Phi) is 6.57. The van der Waals surface area contributed by atoms with E-state index < -0.39 is 20.6 Å². The van der Waals surface area contributed by atoms with Crippen molar-refractivity contribution in [3.05, 3.63) is 49.6 Å². The number of hydrogen-bond acceptors (Lipinski definition) is 5. The van der Waals surface area contributed by atoms with Gasteiger partial charge in [0.25, 0.3) is 0 Å². The molecule has 0 heterocycles. The Morgan fingerprint density at radius 2 is 1.70 bits per heavy atom. The van der Waals surface area contributed by atoms with E-state index in [4.69, 9.17) is 9.47 Å². The fourth-order valence-electron chi connectivity index (χ4n) is 2.29. The lowest BCUT2D eigenvalue weighted by Gasteiger charge is -2.29. The fourth-order valence-corrected chi connectivity index (χ4v) is 4.19. The summed E-state index contributed by atoms with van der Waals surface area (Å²) >= 11 is 0. The quantitative estimate of drug-likeness (QED) is 0.511. The van der Waals surface area contributed by atoms with Crippen LogP contribution in [0.3, 0.4) is 0 Å². The van der Waals surface area contributed by atoms with E-state index in [2.05, 4.69) is 13.2 Å². The minimum Gasteiger partial charge on any atom is -0.497 e. The molecule has 0 bridgehead atoms. The Balaban J connectivity index is 3.49. The third-order valence-electron chi connectivity index (χ3n) is 3.48. The highest BCUT2D eigenvalue weighted by Crippen LogP contribution is 2.35. The first-order chi connectivity index (χ1) is 10.9. The smallest absolute Gasteiger partial charge is 0.328 e. The number of esters is 1. The molecule has 1 aromatic carbocycles. The Labute approximate surface area is 137 Å². The zero-order valence-electron chi connectivity index (χ0n) is 13.4. The molecule has 23 heavy (non-hydrogen) atoms. The molecule has 0 amide bonds. The van der Waals surface area contributed by atoms with Crippen molar-refractivity contribution in [3.63, 3.8) is 0 Å². The maximum absolute atomic E-state index is 13.1. The van der Waals surface area contributed by atoms with Crippen molar-refractivity contribution in [2.24, 2.45) is 0 Å². The van der Waals surface area contributed by atoms with Crippen LogP contribution in [0.2, 0.25) is 0 Å². The standard InChI is InChI=1S/C17H22O5S/c1-5-12-17(13-6-2,16(18)22-7-3)23(19,20)15-10-8-14(21-4)9-11-15/h5-6,8-11H,1-2,7,12-13H2,3-4H3. The third-order valence-corrected chi connectivity index (χ3v) is 5.90. The first-order valence-electron chi connectivity index (χ1n) is 7.17. The van der Waals surface area contributed by atoms with Crippen LogP contribution in [-0.2, 0) is 19.4 Å². The van der Waals surface area contributed by atoms with Gasteiger partial charge >= 0.3 is 5.97 Å². The number of benzene rings is 1. The predicted octanol–water partition coefficient (Wildman–Crippen LogP) is 2.92. The van der Waals surface area contributed by atoms with Crippen LogP contribution in [0.5, 0.6) is 5.75 Å². The normalized spacial score (nSPS) is 11.6. The summed E-state index contributed by atoms with van der Waals surface area (Å²) in [4.78, 5) is 12.5. The summed E-state index contributed by atoms with van der Waals surface area (Å²) in [6, 6.07) is 5.89. The molecule has 0 spiro atoms. The van der Waals surface area contributed by atoms with Gasteiger partial charge in [-0.1, -0.05) is 12.2 Å². The van der Waals surface area contributed by atoms with Crippen LogP contribution < -0.4 is 4.74 Å². The molecular formula is C17H22O5S. The molecular weight excluding hydrogens is 316 g/mol. The monoisotopic (exact) mass is 338 g/mol. The van der Waals surface area contributed by atoms with Crippen LogP contribution in [0.1, 0.15) is 19.8 Å². The Morgan fingerprint density at radius 1 is 1.17 bits per heavy atom. The van der Waals surface area contributed by atoms with Crippen molar-refractivity contribution in [2.45, 2.75) is 29.4 Å². The second-order valence-electron chi connectivity index (χ2n) is 4.88. The lowest BCUT2D eigenvalue weighted by atomic mass is 10.0. The third kappa shape index (κ3) is 3.64. The molecule has 0 fully saturated rings. The molecule has 6 heteroatoms. The van der Waals surface area contributed by atoms with Gasteiger partial charge in [0.1, 0.15) is 5.75 Å². The maximum atomic E-state index is 13.1. The summed E-state index contributed by atoms with van der Waals surface area (Å²) in [6.07, 6.45) is 2.68. The number of ether oxygens (including phenoxy) is 2. The van der Waals surface area contributed by atoms with Crippen molar-refractivity contribution in [1.82, 2.24) is 0 Å². The van der Waals surface area contributed by atoms with Crippen molar-refractivity contribution in [3.8, 4) is 5.75 Å². The molecule has 0 aromatic heterocycles. The van der Waals surface area contributed by atoms with E-state index in [0.717, 1.165) is 0 Å². The molecule has 0 aliphatic heterocycles. The SMILES string of the molecule is C=CCC(CC=C)(C(=O)OCC)S(=O)(=O)c1ccc(OC)cc1. The van der Waals surface area contributed by atoms with Crippen molar-refractivity contribution < 1.29 is 22.7 Å². The number of carbonyl (C=O) groups excluding carboxylic acids is 1. The molecule has 0 aliphatic carbocycles. The lowest BCUT2D eigenvalue weighted by Crippen LogP contribution is -2.47. The van der Waals surface area contributed by atoms with E-state index in [1.165, 1.54) is 43.5 Å². The molecule has 0 N–H and O–H groups in total. The summed E-state index contributed by atoms with van der Waals surface area (Å²) < 4.78 is 34.5. The average Bonchev–Trinajstić information content (AvgIpc) is 2.54. The van der Waals surface area contributed by atoms with Gasteiger partial charge in [0, 0.05) is 0 Å². The predicted molar refractivity (Wildman–Crippen MR) is 89.2 cm³/mol. The fraction of sp³-hybridized carbons (Fsp3) is 0.353. The van der Waals surface area contributed by atoms with Gasteiger partial charge in [0.05, 0.1) is 18.6 Å². The summed E-state index contributed by atoms with van der Waals surface area (Å²) in [5.41, 5.74) is 0. The van der Waals surface area contributed by atoms with Crippen LogP contribution in [0.4, 0.5) is 0 Å². The van der Waals surface area contributed by atoms with Gasteiger partial charge in [-0.15, -0.1) is 13.2 Å². The van der Waals surface area contributed by atoms with Crippen molar-refractivity contribution >= 4 is 15.8 Å². The number of hydrogen-bond donors (Lipinski definition) is 0. The van der Waals surface area contributed by atoms with E-state index in [-0.39, 0.29) is 24.3 Å².